The Kier molecular flexibility index (Phi) is 10.0. The quantitative estimate of drug-likeness (QED) is 0.168. The Labute approximate surface area is 395 Å². The summed E-state index contributed by atoms with van der Waals surface area (Å²) in [6, 6.07) is 83.2. The first kappa shape index (κ1) is 40.9. The van der Waals surface area contributed by atoms with Crippen molar-refractivity contribution >= 4 is 87.2 Å². The van der Waals surface area contributed by atoms with Crippen molar-refractivity contribution in [3.63, 3.8) is 0 Å². The first-order chi connectivity index (χ1) is 33.6. The molecule has 10 aromatic carbocycles. The van der Waals surface area contributed by atoms with Crippen LogP contribution >= 0.6 is 0 Å². The zero-order valence-electron chi connectivity index (χ0n) is 38.7. The van der Waals surface area contributed by atoms with Crippen LogP contribution in [0.25, 0.3) is 110 Å². The van der Waals surface area contributed by atoms with Gasteiger partial charge in [-0.1, -0.05) is 153 Å². The fourth-order valence-corrected chi connectivity index (χ4v) is 10.8. The fourth-order valence-electron chi connectivity index (χ4n) is 10.8. The summed E-state index contributed by atoms with van der Waals surface area (Å²) in [5.41, 5.74) is 17.2. The maximum absolute atomic E-state index is 2.45. The molecular weight excluding hydrogens is 825 g/mol. The van der Waals surface area contributed by atoms with E-state index in [1.807, 2.05) is 13.8 Å². The second kappa shape index (κ2) is 16.7. The van der Waals surface area contributed by atoms with Crippen molar-refractivity contribution in [1.29, 1.82) is 0 Å². The highest BCUT2D eigenvalue weighted by atomic mass is 15.0. The Bertz CT molecular complexity index is 4170. The van der Waals surface area contributed by atoms with Crippen LogP contribution in [0.3, 0.4) is 0 Å². The van der Waals surface area contributed by atoms with Gasteiger partial charge >= 0.3 is 0 Å². The van der Waals surface area contributed by atoms with Crippen molar-refractivity contribution < 1.29 is 0 Å². The van der Waals surface area contributed by atoms with E-state index in [0.717, 1.165) is 0 Å². The highest BCUT2D eigenvalue weighted by Gasteiger charge is 2.22. The van der Waals surface area contributed by atoms with Gasteiger partial charge in [0.15, 0.2) is 0 Å². The molecule has 0 aliphatic carbocycles. The maximum Gasteiger partial charge on any atom is 0.0641 e. The molecule has 68 heavy (non-hydrogen) atoms. The molecule has 0 radical (unpaired) electrons. The molecule has 0 saturated heterocycles. The lowest BCUT2D eigenvalue weighted by atomic mass is 10.1. The van der Waals surface area contributed by atoms with E-state index in [2.05, 4.69) is 263 Å². The first-order valence-corrected chi connectivity index (χ1v) is 23.8. The first-order valence-electron chi connectivity index (χ1n) is 23.8. The molecule has 0 saturated carbocycles. The molecule has 0 amide bonds. The van der Waals surface area contributed by atoms with Gasteiger partial charge in [-0.15, -0.1) is 0 Å². The van der Waals surface area contributed by atoms with Crippen LogP contribution in [0.5, 0.6) is 0 Å². The van der Waals surface area contributed by atoms with Gasteiger partial charge in [-0.25, -0.2) is 0 Å². The number of nitrogens with zero attached hydrogens (tertiary/aromatic N) is 4. The lowest BCUT2D eigenvalue weighted by Crippen LogP contribution is -1.95. The molecule has 4 heterocycles. The largest absolute Gasteiger partial charge is 0.309 e. The molecule has 4 nitrogen and oxygen atoms in total. The van der Waals surface area contributed by atoms with E-state index in [1.165, 1.54) is 121 Å². The minimum absolute atomic E-state index is 1.18. The van der Waals surface area contributed by atoms with Crippen molar-refractivity contribution in [1.82, 2.24) is 18.3 Å². The van der Waals surface area contributed by atoms with E-state index in [0.29, 0.717) is 0 Å². The minimum atomic E-state index is 1.18. The van der Waals surface area contributed by atoms with E-state index in [1.54, 1.807) is 0 Å². The molecule has 0 bridgehead atoms. The third kappa shape index (κ3) is 6.36. The van der Waals surface area contributed by atoms with Gasteiger partial charge in [0.2, 0.25) is 0 Å². The number of rotatable bonds is 4. The lowest BCUT2D eigenvalue weighted by Gasteiger charge is -2.10. The van der Waals surface area contributed by atoms with Crippen LogP contribution in [0.1, 0.15) is 25.0 Å². The molecule has 0 fully saturated rings. The van der Waals surface area contributed by atoms with Crippen LogP contribution in [0.15, 0.2) is 231 Å². The Morgan fingerprint density at radius 1 is 0.235 bits per heavy atom. The number of benzene rings is 10. The molecule has 0 spiro atoms. The summed E-state index contributed by atoms with van der Waals surface area (Å²) in [7, 11) is 0. The average molecular weight is 875 g/mol. The molecule has 326 valence electrons. The molecular formula is C64H50N4. The van der Waals surface area contributed by atoms with Crippen molar-refractivity contribution in [2.24, 2.45) is 0 Å². The van der Waals surface area contributed by atoms with Gasteiger partial charge in [0.05, 0.1) is 44.1 Å². The third-order valence-electron chi connectivity index (χ3n) is 13.5. The molecule has 0 unspecified atom stereocenters. The van der Waals surface area contributed by atoms with Gasteiger partial charge in [0.1, 0.15) is 0 Å². The second-order valence-electron chi connectivity index (χ2n) is 17.5. The van der Waals surface area contributed by atoms with Crippen LogP contribution in [0.2, 0.25) is 0 Å². The van der Waals surface area contributed by atoms with Crippen LogP contribution in [0.4, 0.5) is 0 Å². The molecule has 4 aromatic heterocycles. The minimum Gasteiger partial charge on any atom is -0.309 e. The third-order valence-corrected chi connectivity index (χ3v) is 13.5. The highest BCUT2D eigenvalue weighted by Crippen LogP contribution is 2.44. The van der Waals surface area contributed by atoms with E-state index >= 15 is 0 Å². The monoisotopic (exact) mass is 874 g/mol. The van der Waals surface area contributed by atoms with Crippen LogP contribution in [0, 0.1) is 13.8 Å². The molecule has 14 aromatic rings. The van der Waals surface area contributed by atoms with Gasteiger partial charge in [0.25, 0.3) is 0 Å². The van der Waals surface area contributed by atoms with Gasteiger partial charge in [0, 0.05) is 65.8 Å². The van der Waals surface area contributed by atoms with Crippen molar-refractivity contribution in [2.75, 3.05) is 0 Å². The summed E-state index contributed by atoms with van der Waals surface area (Å²) >= 11 is 0. The summed E-state index contributed by atoms with van der Waals surface area (Å²) in [5.74, 6) is 0. The maximum atomic E-state index is 2.45. The van der Waals surface area contributed by atoms with Crippen LogP contribution in [-0.4, -0.2) is 18.3 Å². The van der Waals surface area contributed by atoms with Gasteiger partial charge in [-0.2, -0.15) is 0 Å². The smallest absolute Gasteiger partial charge is 0.0641 e. The van der Waals surface area contributed by atoms with Gasteiger partial charge in [-0.05, 0) is 116 Å². The Morgan fingerprint density at radius 2 is 0.574 bits per heavy atom. The number of aryl methyl sites for hydroxylation is 2. The zero-order chi connectivity index (χ0) is 45.9. The molecule has 0 atom stereocenters. The summed E-state index contributed by atoms with van der Waals surface area (Å²) in [6.45, 7) is 8.32. The summed E-state index contributed by atoms with van der Waals surface area (Å²) in [5, 5.41) is 10.3. The Hall–Kier alpha value is -8.60. The predicted octanol–water partition coefficient (Wildman–Crippen LogP) is 17.4. The number of para-hydroxylation sites is 6. The predicted molar refractivity (Wildman–Crippen MR) is 291 cm³/mol. The SMILES string of the molecule is CC.Cc1cccc(-n2c3ccccc3c3c4c5ccccc5n(-c5ccccc5)c4ccc32)c1.Cc1cccc(-n2c3ccccc3c3ccc4c(c5ccccc5n4-c4ccccc4)c32)c1. The normalized spacial score (nSPS) is 11.5. The van der Waals surface area contributed by atoms with Gasteiger partial charge in [-0.3, -0.25) is 0 Å². The summed E-state index contributed by atoms with van der Waals surface area (Å²) in [6.07, 6.45) is 0. The lowest BCUT2D eigenvalue weighted by molar-refractivity contribution is 1.17. The van der Waals surface area contributed by atoms with Crippen molar-refractivity contribution in [2.45, 2.75) is 27.7 Å². The van der Waals surface area contributed by atoms with E-state index in [4.69, 9.17) is 0 Å². The highest BCUT2D eigenvalue weighted by molar-refractivity contribution is 6.29. The summed E-state index contributed by atoms with van der Waals surface area (Å²) in [4.78, 5) is 0. The van der Waals surface area contributed by atoms with Gasteiger partial charge < -0.3 is 18.3 Å². The zero-order valence-corrected chi connectivity index (χ0v) is 38.7. The fraction of sp³-hybridized carbons (Fsp3) is 0.0625. The van der Waals surface area contributed by atoms with E-state index < -0.39 is 0 Å². The molecule has 0 N–H and O–H groups in total. The Balaban J connectivity index is 0.000000136. The summed E-state index contributed by atoms with van der Waals surface area (Å²) < 4.78 is 9.64. The number of hydrogen-bond donors (Lipinski definition) is 0. The Morgan fingerprint density at radius 3 is 1.04 bits per heavy atom. The number of aromatic nitrogens is 4. The molecule has 4 heteroatoms. The second-order valence-corrected chi connectivity index (χ2v) is 17.5. The van der Waals surface area contributed by atoms with Crippen LogP contribution in [-0.2, 0) is 0 Å². The number of hydrogen-bond acceptors (Lipinski definition) is 0. The van der Waals surface area contributed by atoms with Crippen molar-refractivity contribution in [3.05, 3.63) is 242 Å². The molecule has 0 aliphatic rings. The average Bonchev–Trinajstić information content (AvgIpc) is 4.12. The molecule has 14 rings (SSSR count). The van der Waals surface area contributed by atoms with E-state index in [-0.39, 0.29) is 0 Å². The van der Waals surface area contributed by atoms with Crippen LogP contribution < -0.4 is 0 Å². The van der Waals surface area contributed by atoms with Crippen molar-refractivity contribution in [3.8, 4) is 22.7 Å². The topological polar surface area (TPSA) is 19.7 Å². The molecule has 0 aliphatic heterocycles. The standard InChI is InChI=1S/2C31H22N2.C2H6/c1-21-10-9-13-23(20-21)33-27-16-7-5-14-24(27)25-18-19-29-30(31(25)33)26-15-6-8-17-28(26)32(29)22-11-3-2-4-12-22;1-21-10-9-13-23(20-21)33-27-17-8-6-15-25(27)31-29(33)19-18-28-30(31)24-14-5-7-16-26(24)32(28)22-11-3-2-4-12-22;1-2/h2*2-20H,1H3;1-2H3. The van der Waals surface area contributed by atoms with E-state index in [9.17, 15) is 0 Å². The number of fused-ring (bicyclic) bond motifs is 14.